The van der Waals surface area contributed by atoms with Gasteiger partial charge in [-0.1, -0.05) is 13.8 Å². The Balaban J connectivity index is 0.000000479. The summed E-state index contributed by atoms with van der Waals surface area (Å²) in [6.45, 7) is 7.03. The SMILES string of the molecule is CCCc1ncc(C(=O)NCC2CCCN2CC)c(OC)n1.O=C(O)C=CC(=O)O. The topological polar surface area (TPSA) is 142 Å². The molecule has 10 nitrogen and oxygen atoms in total. The van der Waals surface area contributed by atoms with E-state index in [1.54, 1.807) is 6.20 Å². The predicted octanol–water partition coefficient (Wildman–Crippen LogP) is 1.36. The van der Waals surface area contributed by atoms with Gasteiger partial charge in [0.05, 0.1) is 7.11 Å². The summed E-state index contributed by atoms with van der Waals surface area (Å²) in [6.07, 6.45) is 6.77. The maximum Gasteiger partial charge on any atom is 0.328 e. The van der Waals surface area contributed by atoms with E-state index in [2.05, 4.69) is 34.0 Å². The summed E-state index contributed by atoms with van der Waals surface area (Å²) in [7, 11) is 1.53. The van der Waals surface area contributed by atoms with Crippen molar-refractivity contribution in [3.63, 3.8) is 0 Å². The number of likely N-dealkylation sites (N-methyl/N-ethyl adjacent to an activating group) is 1. The van der Waals surface area contributed by atoms with Crippen LogP contribution in [0, 0.1) is 0 Å². The zero-order chi connectivity index (χ0) is 22.5. The van der Waals surface area contributed by atoms with Crippen LogP contribution in [0.15, 0.2) is 18.3 Å². The molecule has 166 valence electrons. The van der Waals surface area contributed by atoms with Crippen LogP contribution in [0.25, 0.3) is 0 Å². The highest BCUT2D eigenvalue weighted by Crippen LogP contribution is 2.17. The van der Waals surface area contributed by atoms with Gasteiger partial charge in [-0.25, -0.2) is 14.6 Å². The third kappa shape index (κ3) is 8.56. The first-order valence-corrected chi connectivity index (χ1v) is 9.88. The lowest BCUT2D eigenvalue weighted by Crippen LogP contribution is -2.40. The monoisotopic (exact) mass is 422 g/mol. The second kappa shape index (κ2) is 13.3. The molecule has 10 heteroatoms. The molecule has 0 bridgehead atoms. The number of aryl methyl sites for hydroxylation is 1. The first-order valence-electron chi connectivity index (χ1n) is 9.88. The molecular formula is C20H30N4O6. The number of carboxylic acid groups (broad SMARTS) is 2. The average Bonchev–Trinajstić information content (AvgIpc) is 3.18. The van der Waals surface area contributed by atoms with Crippen molar-refractivity contribution in [2.24, 2.45) is 0 Å². The highest BCUT2D eigenvalue weighted by atomic mass is 16.5. The number of ether oxygens (including phenoxy) is 1. The molecule has 2 rings (SSSR count). The Bertz CT molecular complexity index is 737. The zero-order valence-corrected chi connectivity index (χ0v) is 17.6. The molecule has 0 radical (unpaired) electrons. The van der Waals surface area contributed by atoms with Gasteiger partial charge in [0.15, 0.2) is 0 Å². The number of rotatable bonds is 9. The van der Waals surface area contributed by atoms with Gasteiger partial charge >= 0.3 is 11.9 Å². The first-order chi connectivity index (χ1) is 14.3. The summed E-state index contributed by atoms with van der Waals surface area (Å²) in [5.74, 6) is -1.61. The van der Waals surface area contributed by atoms with Crippen LogP contribution in [-0.2, 0) is 16.0 Å². The minimum absolute atomic E-state index is 0.164. The van der Waals surface area contributed by atoms with E-state index in [-0.39, 0.29) is 5.91 Å². The Labute approximate surface area is 176 Å². The second-order valence-corrected chi connectivity index (χ2v) is 6.60. The van der Waals surface area contributed by atoms with E-state index in [1.165, 1.54) is 13.5 Å². The fraction of sp³-hybridized carbons (Fsp3) is 0.550. The van der Waals surface area contributed by atoms with Crippen molar-refractivity contribution in [3.8, 4) is 5.88 Å². The van der Waals surface area contributed by atoms with Crippen molar-refractivity contribution in [1.29, 1.82) is 0 Å². The van der Waals surface area contributed by atoms with Crippen LogP contribution in [0.3, 0.4) is 0 Å². The number of carbonyl (C=O) groups is 3. The predicted molar refractivity (Wildman–Crippen MR) is 110 cm³/mol. The Morgan fingerprint density at radius 1 is 1.27 bits per heavy atom. The van der Waals surface area contributed by atoms with Crippen LogP contribution in [0.2, 0.25) is 0 Å². The number of hydrogen-bond acceptors (Lipinski definition) is 7. The van der Waals surface area contributed by atoms with Crippen molar-refractivity contribution in [3.05, 3.63) is 29.7 Å². The maximum atomic E-state index is 12.4. The molecule has 1 aliphatic heterocycles. The first kappa shape index (κ1) is 25.0. The van der Waals surface area contributed by atoms with E-state index in [9.17, 15) is 14.4 Å². The molecule has 0 aliphatic carbocycles. The summed E-state index contributed by atoms with van der Waals surface area (Å²) >= 11 is 0. The highest BCUT2D eigenvalue weighted by molar-refractivity contribution is 5.96. The number of likely N-dealkylation sites (tertiary alicyclic amines) is 1. The maximum absolute atomic E-state index is 12.4. The fourth-order valence-electron chi connectivity index (χ4n) is 3.05. The van der Waals surface area contributed by atoms with Crippen LogP contribution in [-0.4, -0.2) is 75.7 Å². The molecule has 1 atom stereocenters. The van der Waals surface area contributed by atoms with Crippen molar-refractivity contribution < 1.29 is 29.3 Å². The minimum atomic E-state index is -1.26. The molecule has 0 saturated carbocycles. The van der Waals surface area contributed by atoms with Crippen LogP contribution >= 0.6 is 0 Å². The third-order valence-electron chi connectivity index (χ3n) is 4.49. The summed E-state index contributed by atoms with van der Waals surface area (Å²) in [5.41, 5.74) is 0.406. The lowest BCUT2D eigenvalue weighted by Gasteiger charge is -2.22. The van der Waals surface area contributed by atoms with Crippen LogP contribution < -0.4 is 10.1 Å². The molecule has 1 aliphatic rings. The number of nitrogens with one attached hydrogen (secondary N) is 1. The minimum Gasteiger partial charge on any atom is -0.480 e. The molecule has 1 amide bonds. The quantitative estimate of drug-likeness (QED) is 0.503. The van der Waals surface area contributed by atoms with E-state index in [1.807, 2.05) is 0 Å². The summed E-state index contributed by atoms with van der Waals surface area (Å²) in [6, 6.07) is 0.431. The van der Waals surface area contributed by atoms with E-state index in [0.29, 0.717) is 42.0 Å². The molecule has 30 heavy (non-hydrogen) atoms. The van der Waals surface area contributed by atoms with Gasteiger partial charge in [0.2, 0.25) is 5.88 Å². The molecule has 1 aromatic heterocycles. The van der Waals surface area contributed by atoms with Gasteiger partial charge in [-0.2, -0.15) is 4.98 Å². The summed E-state index contributed by atoms with van der Waals surface area (Å²) in [5, 5.41) is 18.6. The number of carbonyl (C=O) groups excluding carboxylic acids is 1. The average molecular weight is 422 g/mol. The Kier molecular flexibility index (Phi) is 11.1. The molecule has 1 fully saturated rings. The molecule has 2 heterocycles. The molecule has 3 N–H and O–H groups in total. The van der Waals surface area contributed by atoms with E-state index >= 15 is 0 Å². The number of amides is 1. The van der Waals surface area contributed by atoms with Crippen molar-refractivity contribution in [2.75, 3.05) is 26.7 Å². The normalized spacial score (nSPS) is 16.0. The number of carboxylic acids is 2. The van der Waals surface area contributed by atoms with Crippen molar-refractivity contribution in [1.82, 2.24) is 20.2 Å². The van der Waals surface area contributed by atoms with Crippen molar-refractivity contribution >= 4 is 17.8 Å². The largest absolute Gasteiger partial charge is 0.480 e. The summed E-state index contributed by atoms with van der Waals surface area (Å²) in [4.78, 5) is 42.4. The van der Waals surface area contributed by atoms with E-state index in [4.69, 9.17) is 14.9 Å². The number of aromatic nitrogens is 2. The highest BCUT2D eigenvalue weighted by Gasteiger charge is 2.24. The summed E-state index contributed by atoms with van der Waals surface area (Å²) < 4.78 is 5.25. The van der Waals surface area contributed by atoms with Gasteiger partial charge in [-0.3, -0.25) is 9.69 Å². The molecule has 1 unspecified atom stereocenters. The Hall–Kier alpha value is -3.01. The molecule has 0 spiro atoms. The van der Waals surface area contributed by atoms with Crippen LogP contribution in [0.1, 0.15) is 49.3 Å². The van der Waals surface area contributed by atoms with Gasteiger partial charge in [-0.15, -0.1) is 0 Å². The van der Waals surface area contributed by atoms with Gasteiger partial charge < -0.3 is 20.3 Å². The van der Waals surface area contributed by atoms with E-state index < -0.39 is 11.9 Å². The Morgan fingerprint density at radius 2 is 1.93 bits per heavy atom. The lowest BCUT2D eigenvalue weighted by atomic mass is 10.2. The number of methoxy groups -OCH3 is 1. The van der Waals surface area contributed by atoms with Gasteiger partial charge in [0.1, 0.15) is 11.4 Å². The molecule has 0 aromatic carbocycles. The Morgan fingerprint density at radius 3 is 2.47 bits per heavy atom. The van der Waals surface area contributed by atoms with E-state index in [0.717, 1.165) is 32.4 Å². The lowest BCUT2D eigenvalue weighted by molar-refractivity contribution is -0.134. The number of aliphatic carboxylic acids is 2. The molecule has 1 saturated heterocycles. The fourth-order valence-corrected chi connectivity index (χ4v) is 3.05. The zero-order valence-electron chi connectivity index (χ0n) is 17.6. The smallest absolute Gasteiger partial charge is 0.328 e. The number of hydrogen-bond donors (Lipinski definition) is 3. The van der Waals surface area contributed by atoms with Gasteiger partial charge in [0, 0.05) is 37.4 Å². The second-order valence-electron chi connectivity index (χ2n) is 6.60. The molecule has 1 aromatic rings. The van der Waals surface area contributed by atoms with Gasteiger partial charge in [0.25, 0.3) is 5.91 Å². The van der Waals surface area contributed by atoms with Crippen molar-refractivity contribution in [2.45, 2.75) is 45.6 Å². The van der Waals surface area contributed by atoms with Crippen LogP contribution in [0.5, 0.6) is 5.88 Å². The van der Waals surface area contributed by atoms with Crippen LogP contribution in [0.4, 0.5) is 0 Å². The standard InChI is InChI=1S/C16H26N4O2.C4H4O4/c1-4-7-14-17-11-13(16(19-14)22-3)15(21)18-10-12-8-6-9-20(12)5-2;5-3(6)1-2-4(7)8/h11-12H,4-10H2,1-3H3,(H,18,21);1-2H,(H,5,6)(H,7,8). The number of nitrogens with zero attached hydrogens (tertiary/aromatic N) is 3. The third-order valence-corrected chi connectivity index (χ3v) is 4.49. The van der Waals surface area contributed by atoms with Gasteiger partial charge in [-0.05, 0) is 32.4 Å². The molecular weight excluding hydrogens is 392 g/mol.